The average molecular weight is 319 g/mol. The van der Waals surface area contributed by atoms with E-state index in [0.29, 0.717) is 18.6 Å². The maximum atomic E-state index is 13.2. The number of ether oxygens (including phenoxy) is 1. The second-order valence-corrected chi connectivity index (χ2v) is 7.17. The Hall–Kier alpha value is -1.36. The highest BCUT2D eigenvalue weighted by molar-refractivity contribution is 5.84. The molecule has 0 N–H and O–H groups in total. The van der Waals surface area contributed by atoms with Gasteiger partial charge in [0.25, 0.3) is 0 Å². The van der Waals surface area contributed by atoms with E-state index in [1.807, 2.05) is 19.3 Å². The zero-order valence-corrected chi connectivity index (χ0v) is 14.5. The molecule has 0 spiro atoms. The predicted octanol–water partition coefficient (Wildman–Crippen LogP) is 2.78. The van der Waals surface area contributed by atoms with Crippen LogP contribution in [0.15, 0.2) is 12.4 Å². The number of piperidine rings is 1. The highest BCUT2D eigenvalue weighted by Gasteiger charge is 2.47. The number of imidazole rings is 1. The quantitative estimate of drug-likeness (QED) is 0.810. The number of aryl methyl sites for hydroxylation is 2. The molecule has 1 amide bonds. The summed E-state index contributed by atoms with van der Waals surface area (Å²) in [6, 6.07) is 0.368. The first-order chi connectivity index (χ1) is 11.2. The molecule has 128 valence electrons. The van der Waals surface area contributed by atoms with E-state index in [0.717, 1.165) is 57.4 Å². The molecule has 2 aliphatic rings. The molecule has 0 bridgehead atoms. The molecule has 1 saturated carbocycles. The van der Waals surface area contributed by atoms with Crippen molar-refractivity contribution >= 4 is 5.91 Å². The van der Waals surface area contributed by atoms with Gasteiger partial charge in [0.2, 0.25) is 5.91 Å². The Kier molecular flexibility index (Phi) is 5.05. The van der Waals surface area contributed by atoms with Gasteiger partial charge in [-0.1, -0.05) is 6.42 Å². The number of aromatic nitrogens is 2. The molecular weight excluding hydrogens is 290 g/mol. The van der Waals surface area contributed by atoms with Crippen molar-refractivity contribution in [2.24, 2.45) is 5.41 Å². The van der Waals surface area contributed by atoms with Crippen molar-refractivity contribution in [3.63, 3.8) is 0 Å². The fourth-order valence-corrected chi connectivity index (χ4v) is 4.10. The first-order valence-corrected chi connectivity index (χ1v) is 8.94. The highest BCUT2D eigenvalue weighted by Crippen LogP contribution is 2.44. The summed E-state index contributed by atoms with van der Waals surface area (Å²) in [5.74, 6) is 1.39. The van der Waals surface area contributed by atoms with E-state index in [4.69, 9.17) is 4.74 Å². The number of hydrogen-bond acceptors (Lipinski definition) is 3. The third-order valence-corrected chi connectivity index (χ3v) is 5.70. The van der Waals surface area contributed by atoms with Gasteiger partial charge < -0.3 is 14.2 Å². The Labute approximate surface area is 139 Å². The summed E-state index contributed by atoms with van der Waals surface area (Å²) in [4.78, 5) is 19.6. The van der Waals surface area contributed by atoms with Crippen molar-refractivity contribution in [2.75, 3.05) is 20.3 Å². The van der Waals surface area contributed by atoms with Crippen LogP contribution in [0.1, 0.15) is 50.8 Å². The van der Waals surface area contributed by atoms with Crippen LogP contribution in [-0.2, 0) is 16.1 Å². The van der Waals surface area contributed by atoms with Gasteiger partial charge in [-0.15, -0.1) is 0 Å². The molecule has 1 aromatic rings. The molecule has 0 unspecified atom stereocenters. The minimum atomic E-state index is -0.227. The maximum absolute atomic E-state index is 13.2. The molecule has 1 aromatic heterocycles. The minimum Gasteiger partial charge on any atom is -0.384 e. The zero-order valence-electron chi connectivity index (χ0n) is 14.5. The van der Waals surface area contributed by atoms with Gasteiger partial charge in [-0.2, -0.15) is 0 Å². The minimum absolute atomic E-state index is 0.227. The Bertz CT molecular complexity index is 536. The maximum Gasteiger partial charge on any atom is 0.231 e. The zero-order chi connectivity index (χ0) is 16.3. The third kappa shape index (κ3) is 3.30. The van der Waals surface area contributed by atoms with Gasteiger partial charge in [0.15, 0.2) is 0 Å². The Morgan fingerprint density at radius 1 is 1.39 bits per heavy atom. The van der Waals surface area contributed by atoms with Crippen LogP contribution in [0.3, 0.4) is 0 Å². The van der Waals surface area contributed by atoms with Crippen LogP contribution in [0.2, 0.25) is 0 Å². The topological polar surface area (TPSA) is 47.4 Å². The van der Waals surface area contributed by atoms with E-state index >= 15 is 0 Å². The van der Waals surface area contributed by atoms with E-state index < -0.39 is 0 Å². The third-order valence-electron chi connectivity index (χ3n) is 5.70. The Balaban J connectivity index is 1.66. The fraction of sp³-hybridized carbons (Fsp3) is 0.778. The number of nitrogens with zero attached hydrogens (tertiary/aromatic N) is 3. The number of methoxy groups -OCH3 is 1. The van der Waals surface area contributed by atoms with Crippen LogP contribution < -0.4 is 0 Å². The lowest BCUT2D eigenvalue weighted by molar-refractivity contribution is -0.156. The lowest BCUT2D eigenvalue weighted by atomic mass is 9.68. The molecule has 5 heteroatoms. The van der Waals surface area contributed by atoms with Crippen LogP contribution in [0, 0.1) is 12.3 Å². The molecule has 2 fully saturated rings. The molecule has 3 rings (SSSR count). The van der Waals surface area contributed by atoms with Crippen molar-refractivity contribution in [1.29, 1.82) is 0 Å². The summed E-state index contributed by atoms with van der Waals surface area (Å²) in [6.45, 7) is 4.47. The summed E-state index contributed by atoms with van der Waals surface area (Å²) >= 11 is 0. The number of carbonyl (C=O) groups is 1. The van der Waals surface area contributed by atoms with Crippen LogP contribution in [0.4, 0.5) is 0 Å². The summed E-state index contributed by atoms with van der Waals surface area (Å²) in [6.07, 6.45) is 11.5. The molecule has 1 aliphatic heterocycles. The van der Waals surface area contributed by atoms with Crippen LogP contribution in [-0.4, -0.2) is 46.7 Å². The first kappa shape index (κ1) is 16.5. The monoisotopic (exact) mass is 319 g/mol. The van der Waals surface area contributed by atoms with Gasteiger partial charge in [-0.05, 0) is 45.4 Å². The second kappa shape index (κ2) is 7.04. The lowest BCUT2D eigenvalue weighted by Gasteiger charge is -2.46. The SMILES string of the molecule is COCC1(C(=O)N2CCCC[C@H]2CCn2ccnc2C)CCC1. The average Bonchev–Trinajstić information content (AvgIpc) is 2.94. The Morgan fingerprint density at radius 3 is 2.83 bits per heavy atom. The van der Waals surface area contributed by atoms with Crippen LogP contribution in [0.5, 0.6) is 0 Å². The smallest absolute Gasteiger partial charge is 0.231 e. The Morgan fingerprint density at radius 2 is 2.22 bits per heavy atom. The summed E-state index contributed by atoms with van der Waals surface area (Å²) in [7, 11) is 1.71. The van der Waals surface area contributed by atoms with Crippen LogP contribution >= 0.6 is 0 Å². The number of hydrogen-bond donors (Lipinski definition) is 0. The molecule has 5 nitrogen and oxygen atoms in total. The van der Waals surface area contributed by atoms with Gasteiger partial charge in [-0.25, -0.2) is 4.98 Å². The molecule has 23 heavy (non-hydrogen) atoms. The molecule has 1 atom stereocenters. The largest absolute Gasteiger partial charge is 0.384 e. The second-order valence-electron chi connectivity index (χ2n) is 7.17. The summed E-state index contributed by atoms with van der Waals surface area (Å²) in [5.41, 5.74) is -0.227. The summed E-state index contributed by atoms with van der Waals surface area (Å²) < 4.78 is 7.56. The van der Waals surface area contributed by atoms with E-state index in [1.54, 1.807) is 7.11 Å². The normalized spacial score (nSPS) is 23.6. The lowest BCUT2D eigenvalue weighted by Crippen LogP contribution is -2.55. The molecule has 0 aromatic carbocycles. The van der Waals surface area contributed by atoms with E-state index in [2.05, 4.69) is 14.5 Å². The van der Waals surface area contributed by atoms with Crippen LogP contribution in [0.25, 0.3) is 0 Å². The van der Waals surface area contributed by atoms with Crippen molar-refractivity contribution in [1.82, 2.24) is 14.5 Å². The van der Waals surface area contributed by atoms with Crippen molar-refractivity contribution < 1.29 is 9.53 Å². The molecule has 2 heterocycles. The van der Waals surface area contributed by atoms with Gasteiger partial charge in [0, 0.05) is 38.6 Å². The van der Waals surface area contributed by atoms with Crippen molar-refractivity contribution in [3.05, 3.63) is 18.2 Å². The highest BCUT2D eigenvalue weighted by atomic mass is 16.5. The van der Waals surface area contributed by atoms with Crippen molar-refractivity contribution in [2.45, 2.75) is 64.5 Å². The van der Waals surface area contributed by atoms with E-state index in [9.17, 15) is 4.79 Å². The standard InChI is InChI=1S/C18H29N3O2/c1-15-19-10-13-20(15)12-7-16-6-3-4-11-21(16)17(22)18(14-23-2)8-5-9-18/h10,13,16H,3-9,11-12,14H2,1-2H3/t16-/m0/s1. The number of rotatable bonds is 6. The molecule has 1 saturated heterocycles. The molecular formula is C18H29N3O2. The number of carbonyl (C=O) groups excluding carboxylic acids is 1. The van der Waals surface area contributed by atoms with Gasteiger partial charge in [-0.3, -0.25) is 4.79 Å². The first-order valence-electron chi connectivity index (χ1n) is 8.94. The number of likely N-dealkylation sites (tertiary alicyclic amines) is 1. The van der Waals surface area contributed by atoms with Gasteiger partial charge in [0.05, 0.1) is 12.0 Å². The summed E-state index contributed by atoms with van der Waals surface area (Å²) in [5, 5.41) is 0. The van der Waals surface area contributed by atoms with Crippen molar-refractivity contribution in [3.8, 4) is 0 Å². The molecule has 0 radical (unpaired) electrons. The predicted molar refractivity (Wildman–Crippen MR) is 89.1 cm³/mol. The fourth-order valence-electron chi connectivity index (χ4n) is 4.10. The number of amides is 1. The van der Waals surface area contributed by atoms with E-state index in [1.165, 1.54) is 6.42 Å². The molecule has 1 aliphatic carbocycles. The van der Waals surface area contributed by atoms with Gasteiger partial charge in [0.1, 0.15) is 5.82 Å². The van der Waals surface area contributed by atoms with E-state index in [-0.39, 0.29) is 5.41 Å². The van der Waals surface area contributed by atoms with Gasteiger partial charge >= 0.3 is 0 Å².